The van der Waals surface area contributed by atoms with Crippen LogP contribution >= 0.6 is 12.2 Å². The van der Waals surface area contributed by atoms with Gasteiger partial charge in [0, 0.05) is 23.1 Å². The van der Waals surface area contributed by atoms with Crippen molar-refractivity contribution in [2.24, 2.45) is 4.99 Å². The summed E-state index contributed by atoms with van der Waals surface area (Å²) in [6.45, 7) is 4.25. The summed E-state index contributed by atoms with van der Waals surface area (Å²) in [5.74, 6) is 10.5. The van der Waals surface area contributed by atoms with E-state index in [0.717, 1.165) is 53.6 Å². The number of thiocarbonyl (C=S) groups is 1. The first-order valence-electron chi connectivity index (χ1n) is 10.4. The minimum atomic E-state index is -0.822. The van der Waals surface area contributed by atoms with Gasteiger partial charge in [0.25, 0.3) is 0 Å². The molecule has 0 aliphatic rings. The molecule has 0 atom stereocenters. The number of aliphatic imine (C=N–C) groups is 1. The van der Waals surface area contributed by atoms with E-state index in [9.17, 15) is 8.78 Å². The number of isothiocyanates is 1. The van der Waals surface area contributed by atoms with Crippen LogP contribution in [0.3, 0.4) is 0 Å². The lowest BCUT2D eigenvalue weighted by Gasteiger charge is -2.09. The molecule has 0 aliphatic carbocycles. The molecule has 3 aromatic rings. The van der Waals surface area contributed by atoms with E-state index in [1.54, 1.807) is 0 Å². The summed E-state index contributed by atoms with van der Waals surface area (Å²) in [5.41, 5.74) is 5.02. The molecule has 4 heteroatoms. The van der Waals surface area contributed by atoms with Crippen LogP contribution in [0.2, 0.25) is 0 Å². The van der Waals surface area contributed by atoms with Gasteiger partial charge in [0.2, 0.25) is 0 Å². The highest BCUT2D eigenvalue weighted by molar-refractivity contribution is 7.78. The molecule has 0 saturated carbocycles. The Balaban J connectivity index is 1.84. The molecule has 0 heterocycles. The van der Waals surface area contributed by atoms with Crippen LogP contribution in [0.1, 0.15) is 48.9 Å². The van der Waals surface area contributed by atoms with Crippen LogP contribution in [0.25, 0.3) is 11.1 Å². The number of hydrogen-bond donors (Lipinski definition) is 0. The summed E-state index contributed by atoms with van der Waals surface area (Å²) in [6, 6.07) is 16.4. The van der Waals surface area contributed by atoms with Crippen molar-refractivity contribution in [2.75, 3.05) is 0 Å². The zero-order chi connectivity index (χ0) is 22.9. The van der Waals surface area contributed by atoms with Gasteiger partial charge in [-0.2, -0.15) is 4.99 Å². The lowest BCUT2D eigenvalue weighted by molar-refractivity contribution is 0.587. The fourth-order valence-electron chi connectivity index (χ4n) is 3.20. The predicted molar refractivity (Wildman–Crippen MR) is 130 cm³/mol. The molecule has 0 bridgehead atoms. The largest absolute Gasteiger partial charge is 0.204 e. The number of benzene rings is 3. The summed E-state index contributed by atoms with van der Waals surface area (Å²) in [4.78, 5) is 3.40. The van der Waals surface area contributed by atoms with Crippen LogP contribution in [0.5, 0.6) is 0 Å². The number of rotatable bonds is 4. The predicted octanol–water partition coefficient (Wildman–Crippen LogP) is 7.48. The quantitative estimate of drug-likeness (QED) is 0.232. The monoisotopic (exact) mass is 441 g/mol. The standard InChI is InChI=1S/C28H21F2NS/c1-3-5-6-7-21-12-15-25(23(4-2)16-21)24-13-10-20(11-14-24)8-9-22-17-26(29)28(31-19-32)27(30)18-22/h10-18H,3-5H2,1-2H3. The lowest BCUT2D eigenvalue weighted by atomic mass is 9.95. The number of unbranched alkanes of at least 4 members (excludes halogenated alkanes) is 1. The molecule has 0 N–H and O–H groups in total. The Morgan fingerprint density at radius 3 is 2.09 bits per heavy atom. The van der Waals surface area contributed by atoms with Crippen molar-refractivity contribution in [3.63, 3.8) is 0 Å². The van der Waals surface area contributed by atoms with Crippen molar-refractivity contribution in [1.29, 1.82) is 0 Å². The molecule has 3 aromatic carbocycles. The minimum Gasteiger partial charge on any atom is -0.204 e. The van der Waals surface area contributed by atoms with E-state index in [2.05, 4.69) is 66.9 Å². The zero-order valence-electron chi connectivity index (χ0n) is 17.9. The first kappa shape index (κ1) is 23.1. The molecule has 32 heavy (non-hydrogen) atoms. The highest BCUT2D eigenvalue weighted by Crippen LogP contribution is 2.26. The second-order valence-corrected chi connectivity index (χ2v) is 7.28. The van der Waals surface area contributed by atoms with Gasteiger partial charge in [0.1, 0.15) is 5.69 Å². The van der Waals surface area contributed by atoms with Gasteiger partial charge in [-0.25, -0.2) is 8.78 Å². The average molecular weight is 442 g/mol. The molecular weight excluding hydrogens is 420 g/mol. The summed E-state index contributed by atoms with van der Waals surface area (Å²) in [7, 11) is 0. The van der Waals surface area contributed by atoms with Gasteiger partial charge in [-0.15, -0.1) is 0 Å². The van der Waals surface area contributed by atoms with Gasteiger partial charge in [-0.05, 0) is 78.1 Å². The molecule has 0 unspecified atom stereocenters. The average Bonchev–Trinajstić information content (AvgIpc) is 2.80. The van der Waals surface area contributed by atoms with Crippen LogP contribution in [-0.2, 0) is 6.42 Å². The molecule has 158 valence electrons. The van der Waals surface area contributed by atoms with Gasteiger partial charge in [0.15, 0.2) is 11.6 Å². The Hall–Kier alpha value is -3.56. The van der Waals surface area contributed by atoms with E-state index in [4.69, 9.17) is 0 Å². The third kappa shape index (κ3) is 5.77. The minimum absolute atomic E-state index is 0.223. The van der Waals surface area contributed by atoms with E-state index in [1.807, 2.05) is 35.5 Å². The summed E-state index contributed by atoms with van der Waals surface area (Å²) in [6.07, 6.45) is 2.86. The second-order valence-electron chi connectivity index (χ2n) is 7.10. The molecule has 0 fully saturated rings. The zero-order valence-corrected chi connectivity index (χ0v) is 18.7. The van der Waals surface area contributed by atoms with Crippen LogP contribution in [-0.4, -0.2) is 5.16 Å². The lowest BCUT2D eigenvalue weighted by Crippen LogP contribution is -1.90. The molecule has 0 radical (unpaired) electrons. The van der Waals surface area contributed by atoms with Gasteiger partial charge in [-0.3, -0.25) is 0 Å². The second kappa shape index (κ2) is 11.2. The number of hydrogen-bond acceptors (Lipinski definition) is 2. The molecule has 3 rings (SSSR count). The molecule has 0 amide bonds. The maximum Gasteiger partial charge on any atom is 0.153 e. The van der Waals surface area contributed by atoms with Crippen molar-refractivity contribution < 1.29 is 8.78 Å². The Morgan fingerprint density at radius 1 is 0.812 bits per heavy atom. The normalized spacial score (nSPS) is 9.75. The van der Waals surface area contributed by atoms with Crippen molar-refractivity contribution in [1.82, 2.24) is 0 Å². The Morgan fingerprint density at radius 2 is 1.47 bits per heavy atom. The topological polar surface area (TPSA) is 12.4 Å². The molecule has 0 spiro atoms. The van der Waals surface area contributed by atoms with Crippen molar-refractivity contribution in [3.05, 3.63) is 88.5 Å². The Kier molecular flexibility index (Phi) is 8.07. The third-order valence-electron chi connectivity index (χ3n) is 4.82. The first-order chi connectivity index (χ1) is 15.5. The van der Waals surface area contributed by atoms with Gasteiger partial charge in [0.05, 0.1) is 5.16 Å². The SMILES string of the molecule is CCCC#Cc1ccc(-c2ccc(C#Cc3cc(F)c(N=C=S)c(F)c3)cc2)c(CC)c1. The van der Waals surface area contributed by atoms with E-state index in [0.29, 0.717) is 0 Å². The summed E-state index contributed by atoms with van der Waals surface area (Å²) >= 11 is 4.41. The number of aryl methyl sites for hydroxylation is 1. The number of nitrogens with zero attached hydrogens (tertiary/aromatic N) is 1. The third-order valence-corrected chi connectivity index (χ3v) is 4.91. The molecule has 0 saturated heterocycles. The van der Waals surface area contributed by atoms with Crippen molar-refractivity contribution in [3.8, 4) is 34.8 Å². The van der Waals surface area contributed by atoms with Gasteiger partial charge in [-0.1, -0.05) is 55.7 Å². The van der Waals surface area contributed by atoms with E-state index in [1.165, 1.54) is 5.56 Å². The summed E-state index contributed by atoms with van der Waals surface area (Å²) in [5, 5.41) is 1.97. The van der Waals surface area contributed by atoms with E-state index < -0.39 is 17.3 Å². The van der Waals surface area contributed by atoms with Crippen molar-refractivity contribution >= 4 is 23.1 Å². The fraction of sp³-hybridized carbons (Fsp3) is 0.179. The smallest absolute Gasteiger partial charge is 0.153 e. The van der Waals surface area contributed by atoms with Crippen LogP contribution in [0.15, 0.2) is 59.6 Å². The highest BCUT2D eigenvalue weighted by Gasteiger charge is 2.09. The highest BCUT2D eigenvalue weighted by atomic mass is 32.1. The van der Waals surface area contributed by atoms with Gasteiger partial charge < -0.3 is 0 Å². The molecule has 0 aliphatic heterocycles. The molecule has 0 aromatic heterocycles. The van der Waals surface area contributed by atoms with Gasteiger partial charge >= 0.3 is 0 Å². The first-order valence-corrected chi connectivity index (χ1v) is 10.8. The van der Waals surface area contributed by atoms with Crippen molar-refractivity contribution in [2.45, 2.75) is 33.1 Å². The Labute approximate surface area is 193 Å². The summed E-state index contributed by atoms with van der Waals surface area (Å²) < 4.78 is 27.9. The van der Waals surface area contributed by atoms with Crippen LogP contribution in [0, 0.1) is 35.3 Å². The molecule has 1 nitrogen and oxygen atoms in total. The van der Waals surface area contributed by atoms with E-state index in [-0.39, 0.29) is 5.56 Å². The number of halogens is 2. The molecular formula is C28H21F2NS. The van der Waals surface area contributed by atoms with E-state index >= 15 is 0 Å². The Bertz CT molecular complexity index is 1270. The van der Waals surface area contributed by atoms with Crippen LogP contribution < -0.4 is 0 Å². The van der Waals surface area contributed by atoms with Crippen LogP contribution in [0.4, 0.5) is 14.5 Å². The maximum atomic E-state index is 14.0. The maximum absolute atomic E-state index is 14.0. The fourth-order valence-corrected chi connectivity index (χ4v) is 3.29.